The third-order valence-electron chi connectivity index (χ3n) is 5.00. The Balaban J connectivity index is -0.000000494. The summed E-state index contributed by atoms with van der Waals surface area (Å²) in [4.78, 5) is 5.34. The molecule has 0 aromatic heterocycles. The lowest BCUT2D eigenvalue weighted by atomic mass is 10.1. The van der Waals surface area contributed by atoms with Crippen LogP contribution in [0.15, 0.2) is 101 Å². The van der Waals surface area contributed by atoms with Crippen LogP contribution in [0.25, 0.3) is 20.9 Å². The van der Waals surface area contributed by atoms with Gasteiger partial charge in [-0.15, -0.1) is 4.78 Å². The van der Waals surface area contributed by atoms with Crippen molar-refractivity contribution in [1.82, 2.24) is 0 Å². The molecule has 4 rings (SSSR count). The lowest BCUT2D eigenvalue weighted by molar-refractivity contribution is 0.0484. The molecular formula is C31H50N6O4Si. The molecule has 1 aliphatic heterocycles. The summed E-state index contributed by atoms with van der Waals surface area (Å²) in [5.41, 5.74) is 19.2. The molecule has 0 bridgehead atoms. The Hall–Kier alpha value is -3.66. The van der Waals surface area contributed by atoms with Crippen LogP contribution in [0.3, 0.4) is 0 Å². The maximum atomic E-state index is 8.85. The van der Waals surface area contributed by atoms with Gasteiger partial charge in [0.05, 0.1) is 25.9 Å². The van der Waals surface area contributed by atoms with Gasteiger partial charge in [0.2, 0.25) is 1.43 Å². The molecule has 1 aliphatic rings. The molecule has 232 valence electrons. The maximum Gasteiger partial charge on any atom is 0.210 e. The van der Waals surface area contributed by atoms with Gasteiger partial charge in [0.15, 0.2) is 0 Å². The fourth-order valence-corrected chi connectivity index (χ4v) is 3.22. The van der Waals surface area contributed by atoms with Gasteiger partial charge in [-0.2, -0.15) is 0 Å². The Bertz CT molecular complexity index is 1160. The summed E-state index contributed by atoms with van der Waals surface area (Å²) in [6.07, 6.45) is 0.273. The zero-order valence-electron chi connectivity index (χ0n) is 23.9. The number of hydrogen-bond acceptors (Lipinski definition) is 6. The fraction of sp³-hybridized carbons (Fsp3) is 0.419. The van der Waals surface area contributed by atoms with E-state index in [0.29, 0.717) is 6.10 Å². The van der Waals surface area contributed by atoms with Gasteiger partial charge < -0.3 is 19.7 Å². The predicted molar refractivity (Wildman–Crippen MR) is 177 cm³/mol. The fourth-order valence-electron chi connectivity index (χ4n) is 2.96. The summed E-state index contributed by atoms with van der Waals surface area (Å²) in [5, 5.41) is 16.6. The van der Waals surface area contributed by atoms with Crippen molar-refractivity contribution in [2.45, 2.75) is 60.2 Å². The van der Waals surface area contributed by atoms with Crippen LogP contribution < -0.4 is 0 Å². The maximum absolute atomic E-state index is 8.85. The second-order valence-electron chi connectivity index (χ2n) is 9.21. The average Bonchev–Trinajstić information content (AvgIpc) is 3.82. The van der Waals surface area contributed by atoms with Gasteiger partial charge in [0.1, 0.15) is 20.4 Å². The van der Waals surface area contributed by atoms with Gasteiger partial charge in [-0.3, -0.25) is 0 Å². The Morgan fingerprint density at radius 1 is 0.881 bits per heavy atom. The van der Waals surface area contributed by atoms with E-state index in [9.17, 15) is 0 Å². The molecule has 0 aliphatic carbocycles. The number of hydrogen-bond donors (Lipinski definition) is 2. The number of aliphatic hydroxyl groups is 2. The summed E-state index contributed by atoms with van der Waals surface area (Å²) in [6, 6.07) is 28.7. The quantitative estimate of drug-likeness (QED) is 0.0825. The molecule has 0 unspecified atom stereocenters. The topological polar surface area (TPSA) is 160 Å². The minimum absolute atomic E-state index is 0. The minimum atomic E-state index is -1.45. The van der Waals surface area contributed by atoms with Gasteiger partial charge in [0, 0.05) is 12.0 Å². The zero-order valence-corrected chi connectivity index (χ0v) is 23.9. The molecule has 3 aromatic rings. The number of methoxy groups -OCH3 is 1. The molecule has 0 radical (unpaired) electrons. The number of nitrogens with zero attached hydrogens (tertiary/aromatic N) is 6. The molecule has 0 spiro atoms. The van der Waals surface area contributed by atoms with Crippen molar-refractivity contribution in [2.24, 2.45) is 9.89 Å². The predicted octanol–water partition coefficient (Wildman–Crippen LogP) is 9.19. The molecule has 1 saturated heterocycles. The van der Waals surface area contributed by atoms with Gasteiger partial charge in [-0.25, -0.2) is 0 Å². The van der Waals surface area contributed by atoms with Crippen LogP contribution in [-0.4, -0.2) is 46.8 Å². The lowest BCUT2D eigenvalue weighted by Crippen LogP contribution is -2.13. The third-order valence-corrected chi connectivity index (χ3v) is 5.69. The van der Waals surface area contributed by atoms with Crippen LogP contribution in [0.5, 0.6) is 0 Å². The highest BCUT2D eigenvalue weighted by Crippen LogP contribution is 2.28. The summed E-state index contributed by atoms with van der Waals surface area (Å²) in [5.74, 6) is 0. The van der Waals surface area contributed by atoms with Crippen LogP contribution in [0.2, 0.25) is 19.6 Å². The molecule has 3 aromatic carbocycles. The molecular weight excluding hydrogens is 548 g/mol. The highest BCUT2D eigenvalue weighted by Gasteiger charge is 2.23. The first kappa shape index (κ1) is 40.5. The van der Waals surface area contributed by atoms with E-state index in [1.54, 1.807) is 7.11 Å². The number of benzene rings is 3. The number of ether oxygens (including phenoxy) is 2. The Morgan fingerprint density at radius 2 is 1.36 bits per heavy atom. The van der Waals surface area contributed by atoms with E-state index in [1.807, 2.05) is 98.5 Å². The van der Waals surface area contributed by atoms with E-state index in [4.69, 9.17) is 27.1 Å². The number of rotatable bonds is 9. The number of epoxide rings is 1. The molecule has 2 N–H and O–H groups in total. The first-order chi connectivity index (χ1) is 19.3. The second-order valence-corrected chi connectivity index (χ2v) is 13.8. The average molecular weight is 600 g/mol. The van der Waals surface area contributed by atoms with Crippen molar-refractivity contribution < 1.29 is 19.7 Å². The molecule has 0 amide bonds. The standard InChI is InChI=1S/C9H12O2.C8H9N3O.C8H8O.C3H9N3Si.3CH4/c1-11-9(7-10)8-5-3-2-4-6-8;9-11-10-8(6-12)7-4-2-1-3-5-7;1-2-4-7(5-3-1)8-6-9-8;1-7(2,3)6-5-4;;;/h2-6,9-10H,7H2,1H3;1-5,8,12H,6H2;1-5,8H,6H2;1-3H3;3*1H4/t9-;2*8-;;;;/m110..../s1/i10D;;;;;;. The lowest BCUT2D eigenvalue weighted by Gasteiger charge is -2.11. The van der Waals surface area contributed by atoms with Crippen molar-refractivity contribution in [1.29, 1.82) is 1.43 Å². The van der Waals surface area contributed by atoms with E-state index in [0.717, 1.165) is 17.7 Å². The van der Waals surface area contributed by atoms with Crippen molar-refractivity contribution in [3.05, 3.63) is 129 Å². The van der Waals surface area contributed by atoms with E-state index in [2.05, 4.69) is 37.0 Å². The summed E-state index contributed by atoms with van der Waals surface area (Å²) in [7, 11) is 0.159. The first-order valence-electron chi connectivity index (χ1n) is 12.8. The molecule has 1 heterocycles. The van der Waals surface area contributed by atoms with Gasteiger partial charge >= 0.3 is 0 Å². The Morgan fingerprint density at radius 3 is 1.69 bits per heavy atom. The van der Waals surface area contributed by atoms with Crippen LogP contribution in [0, 0.1) is 0 Å². The van der Waals surface area contributed by atoms with E-state index in [-0.39, 0.29) is 41.6 Å². The molecule has 11 heteroatoms. The smallest absolute Gasteiger partial charge is 0.210 e. The molecule has 42 heavy (non-hydrogen) atoms. The number of aliphatic hydroxyl groups excluding tert-OH is 2. The Labute approximate surface area is 254 Å². The van der Waals surface area contributed by atoms with Crippen LogP contribution in [0.1, 0.15) is 57.2 Å². The van der Waals surface area contributed by atoms with Crippen molar-refractivity contribution in [3.63, 3.8) is 0 Å². The molecule has 3 atom stereocenters. The molecule has 0 saturated carbocycles. The van der Waals surface area contributed by atoms with Crippen molar-refractivity contribution >= 4 is 8.24 Å². The SMILES string of the molecule is C.C.C.C[Si](C)(C)N=[N+]=[N-].[2H]OC[C@@H](OC)c1ccccc1.[N-]=[N+]=N[C@H](CO)c1ccccc1.c1ccc([C@@H]2CO2)cc1. The van der Waals surface area contributed by atoms with Crippen LogP contribution >= 0.6 is 0 Å². The highest BCUT2D eigenvalue weighted by atomic mass is 28.3. The Kier molecular flexibility index (Phi) is 24.2. The summed E-state index contributed by atoms with van der Waals surface area (Å²) in [6.45, 7) is 6.99. The summed E-state index contributed by atoms with van der Waals surface area (Å²) < 4.78 is 20.4. The summed E-state index contributed by atoms with van der Waals surface area (Å²) >= 11 is 0. The van der Waals surface area contributed by atoms with E-state index < -0.39 is 14.3 Å². The van der Waals surface area contributed by atoms with E-state index in [1.165, 1.54) is 5.56 Å². The van der Waals surface area contributed by atoms with E-state index >= 15 is 0 Å². The van der Waals surface area contributed by atoms with Gasteiger partial charge in [-0.05, 0) is 32.7 Å². The van der Waals surface area contributed by atoms with Crippen LogP contribution in [0.4, 0.5) is 0 Å². The van der Waals surface area contributed by atoms with Crippen molar-refractivity contribution in [2.75, 3.05) is 26.9 Å². The zero-order chi connectivity index (χ0) is 29.6. The molecule has 1 fully saturated rings. The first-order valence-corrected chi connectivity index (χ1v) is 15.8. The molecule has 10 nitrogen and oxygen atoms in total. The number of azide groups is 2. The van der Waals surface area contributed by atoms with Crippen molar-refractivity contribution in [3.8, 4) is 0 Å². The highest BCUT2D eigenvalue weighted by molar-refractivity contribution is 6.74. The third kappa shape index (κ3) is 19.4. The largest absolute Gasteiger partial charge is 0.396 e. The van der Waals surface area contributed by atoms with Gasteiger partial charge in [-0.1, -0.05) is 138 Å². The second kappa shape index (κ2) is 25.1. The van der Waals surface area contributed by atoms with Gasteiger partial charge in [0.25, 0.3) is 0 Å². The normalized spacial score (nSPS) is 13.8. The minimum Gasteiger partial charge on any atom is -0.396 e. The monoisotopic (exact) mass is 599 g/mol. The van der Waals surface area contributed by atoms with Crippen LogP contribution in [-0.2, 0) is 9.47 Å².